The van der Waals surface area contributed by atoms with E-state index < -0.39 is 11.6 Å². The lowest BCUT2D eigenvalue weighted by atomic mass is 9.88. The number of aromatic carboxylic acids is 1. The van der Waals surface area contributed by atoms with Crippen molar-refractivity contribution in [2.24, 2.45) is 7.05 Å². The molecule has 1 saturated heterocycles. The van der Waals surface area contributed by atoms with Crippen molar-refractivity contribution in [1.82, 2.24) is 19.2 Å². The first kappa shape index (κ1) is 35.4. The van der Waals surface area contributed by atoms with Gasteiger partial charge in [-0.1, -0.05) is 36.7 Å². The highest BCUT2D eigenvalue weighted by atomic mass is 35.5. The predicted molar refractivity (Wildman–Crippen MR) is 198 cm³/mol. The Morgan fingerprint density at radius 3 is 2.65 bits per heavy atom. The van der Waals surface area contributed by atoms with Gasteiger partial charge < -0.3 is 23.9 Å². The van der Waals surface area contributed by atoms with E-state index in [1.54, 1.807) is 6.07 Å². The Bertz CT molecular complexity index is 2070. The van der Waals surface area contributed by atoms with Gasteiger partial charge in [0.15, 0.2) is 0 Å². The van der Waals surface area contributed by atoms with E-state index in [0.717, 1.165) is 102 Å². The lowest BCUT2D eigenvalue weighted by Crippen LogP contribution is -2.40. The Morgan fingerprint density at radius 1 is 1.06 bits per heavy atom. The van der Waals surface area contributed by atoms with E-state index in [1.165, 1.54) is 12.1 Å². The van der Waals surface area contributed by atoms with Crippen LogP contribution in [0.2, 0.25) is 5.02 Å². The number of aromatic nitrogens is 3. The van der Waals surface area contributed by atoms with Crippen molar-refractivity contribution < 1.29 is 28.5 Å². The van der Waals surface area contributed by atoms with Crippen molar-refractivity contribution >= 4 is 39.2 Å². The van der Waals surface area contributed by atoms with Crippen molar-refractivity contribution in [3.8, 4) is 16.9 Å². The number of fused-ring (bicyclic) bond motifs is 3. The first-order chi connectivity index (χ1) is 24.7. The van der Waals surface area contributed by atoms with Crippen molar-refractivity contribution in [3.63, 3.8) is 0 Å². The SMILES string of the molecule is CCc1c2c(nn1C)[C@](C)(CCN1CCOCC1)OCCCCn1c(C(=O)O)c(CCCOc3cccc4cc(F)ccc34)c3ccc(Cl)c-2c31. The number of halogens is 2. The number of carbonyl (C=O) groups is 1. The van der Waals surface area contributed by atoms with E-state index in [4.69, 9.17) is 30.9 Å². The average Bonchev–Trinajstić information content (AvgIpc) is 3.62. The van der Waals surface area contributed by atoms with Crippen molar-refractivity contribution in [3.05, 3.63) is 82.0 Å². The number of ether oxygens (including phenoxy) is 3. The molecule has 0 amide bonds. The predicted octanol–water partition coefficient (Wildman–Crippen LogP) is 8.01. The van der Waals surface area contributed by atoms with Gasteiger partial charge in [-0.15, -0.1) is 0 Å². The Labute approximate surface area is 302 Å². The molecule has 0 saturated carbocycles. The number of hydrogen-bond acceptors (Lipinski definition) is 6. The fourth-order valence-electron chi connectivity index (χ4n) is 7.96. The zero-order valence-corrected chi connectivity index (χ0v) is 30.4. The second-order valence-corrected chi connectivity index (χ2v) is 14.2. The van der Waals surface area contributed by atoms with Crippen LogP contribution in [0.1, 0.15) is 67.0 Å². The summed E-state index contributed by atoms with van der Waals surface area (Å²) in [5, 5.41) is 19.0. The monoisotopic (exact) mass is 716 g/mol. The van der Waals surface area contributed by atoms with Gasteiger partial charge in [-0.2, -0.15) is 5.10 Å². The van der Waals surface area contributed by atoms with E-state index in [0.29, 0.717) is 49.8 Å². The second-order valence-electron chi connectivity index (χ2n) is 13.8. The van der Waals surface area contributed by atoms with Crippen LogP contribution in [0.15, 0.2) is 48.5 Å². The first-order valence-corrected chi connectivity index (χ1v) is 18.5. The molecule has 270 valence electrons. The molecule has 2 aromatic heterocycles. The van der Waals surface area contributed by atoms with Gasteiger partial charge >= 0.3 is 5.97 Å². The number of aryl methyl sites for hydroxylation is 3. The summed E-state index contributed by atoms with van der Waals surface area (Å²) in [5.41, 5.74) is 4.78. The summed E-state index contributed by atoms with van der Waals surface area (Å²) in [5.74, 6) is -0.590. The molecule has 51 heavy (non-hydrogen) atoms. The summed E-state index contributed by atoms with van der Waals surface area (Å²) in [4.78, 5) is 15.6. The van der Waals surface area contributed by atoms with Crippen molar-refractivity contribution in [2.45, 2.75) is 64.5 Å². The zero-order chi connectivity index (χ0) is 35.7. The quantitative estimate of drug-likeness (QED) is 0.147. The molecule has 2 aliphatic heterocycles. The third kappa shape index (κ3) is 6.87. The number of benzene rings is 3. The van der Waals surface area contributed by atoms with Crippen molar-refractivity contribution in [2.75, 3.05) is 46.1 Å². The fraction of sp³-hybridized carbons (Fsp3) is 0.450. The number of nitrogens with zero attached hydrogens (tertiary/aromatic N) is 4. The molecule has 7 rings (SSSR count). The van der Waals surface area contributed by atoms with Crippen LogP contribution in [0.25, 0.3) is 32.8 Å². The first-order valence-electron chi connectivity index (χ1n) is 18.1. The summed E-state index contributed by atoms with van der Waals surface area (Å²) in [7, 11) is 1.97. The number of carboxylic acid groups (broad SMARTS) is 1. The Kier molecular flexibility index (Phi) is 10.4. The summed E-state index contributed by atoms with van der Waals surface area (Å²) >= 11 is 7.22. The molecule has 1 atom stereocenters. The van der Waals surface area contributed by atoms with Gasteiger partial charge in [0.25, 0.3) is 0 Å². The number of carboxylic acids is 1. The molecule has 4 heterocycles. The molecule has 1 fully saturated rings. The highest BCUT2D eigenvalue weighted by molar-refractivity contribution is 6.35. The van der Waals surface area contributed by atoms with E-state index in [1.807, 2.05) is 46.6 Å². The van der Waals surface area contributed by atoms with Gasteiger partial charge in [0.05, 0.1) is 30.4 Å². The van der Waals surface area contributed by atoms with Crippen LogP contribution < -0.4 is 4.74 Å². The molecular formula is C40H46ClFN4O5. The number of morpholine rings is 1. The lowest BCUT2D eigenvalue weighted by Gasteiger charge is -2.34. The van der Waals surface area contributed by atoms with Crippen molar-refractivity contribution in [1.29, 1.82) is 0 Å². The van der Waals surface area contributed by atoms with Crippen LogP contribution in [0.3, 0.4) is 0 Å². The molecule has 0 spiro atoms. The minimum atomic E-state index is -0.969. The largest absolute Gasteiger partial charge is 0.493 e. The Hall–Kier alpha value is -3.96. The zero-order valence-electron chi connectivity index (χ0n) is 29.6. The lowest BCUT2D eigenvalue weighted by molar-refractivity contribution is -0.0576. The van der Waals surface area contributed by atoms with Gasteiger partial charge in [0.2, 0.25) is 0 Å². The summed E-state index contributed by atoms with van der Waals surface area (Å²) < 4.78 is 36.4. The molecule has 0 radical (unpaired) electrons. The third-order valence-corrected chi connectivity index (χ3v) is 10.9. The van der Waals surface area contributed by atoms with E-state index in [9.17, 15) is 14.3 Å². The van der Waals surface area contributed by atoms with Gasteiger partial charge in [0, 0.05) is 67.4 Å². The van der Waals surface area contributed by atoms with E-state index >= 15 is 0 Å². The number of rotatable bonds is 10. The molecule has 2 aliphatic rings. The minimum Gasteiger partial charge on any atom is -0.493 e. The van der Waals surface area contributed by atoms with Crippen LogP contribution in [0, 0.1) is 5.82 Å². The van der Waals surface area contributed by atoms with Crippen LogP contribution >= 0.6 is 11.6 Å². The topological polar surface area (TPSA) is 91.0 Å². The van der Waals surface area contributed by atoms with Gasteiger partial charge in [-0.05, 0) is 86.7 Å². The highest BCUT2D eigenvalue weighted by Gasteiger charge is 2.38. The van der Waals surface area contributed by atoms with Crippen LogP contribution in [0.5, 0.6) is 5.75 Å². The van der Waals surface area contributed by atoms with Crippen LogP contribution in [-0.2, 0) is 41.5 Å². The smallest absolute Gasteiger partial charge is 0.352 e. The van der Waals surface area contributed by atoms with E-state index in [2.05, 4.69) is 18.7 Å². The van der Waals surface area contributed by atoms with Crippen LogP contribution in [-0.4, -0.2) is 76.4 Å². The van der Waals surface area contributed by atoms with E-state index in [-0.39, 0.29) is 11.5 Å². The Balaban J connectivity index is 1.30. The summed E-state index contributed by atoms with van der Waals surface area (Å²) in [6.45, 7) is 9.74. The molecule has 9 nitrogen and oxygen atoms in total. The molecule has 0 unspecified atom stereocenters. The third-order valence-electron chi connectivity index (χ3n) is 10.6. The summed E-state index contributed by atoms with van der Waals surface area (Å²) in [6.07, 6.45) is 4.04. The molecule has 0 bridgehead atoms. The standard InChI is InChI=1S/C40H46ClFN4O5/c1-4-32-35-34-31(41)15-14-30-29(10-8-21-50-33-11-7-9-26-25-27(42)12-13-28(26)33)37(39(47)48)46(36(30)34)17-5-6-22-51-40(2,38(35)43-44(32)3)16-18-45-19-23-49-24-20-45/h7,9,11-15,25H,4-6,8,10,16-24H2,1-3H3,(H,47,48)/t40-/m0/s1. The van der Waals surface area contributed by atoms with Crippen LogP contribution in [0.4, 0.5) is 4.39 Å². The maximum absolute atomic E-state index is 13.9. The molecule has 1 N–H and O–H groups in total. The maximum Gasteiger partial charge on any atom is 0.352 e. The summed E-state index contributed by atoms with van der Waals surface area (Å²) in [6, 6.07) is 14.1. The fourth-order valence-corrected chi connectivity index (χ4v) is 8.20. The average molecular weight is 717 g/mol. The number of hydrogen-bond donors (Lipinski definition) is 1. The second kappa shape index (κ2) is 14.9. The molecule has 11 heteroatoms. The van der Waals surface area contributed by atoms with Gasteiger partial charge in [-0.25, -0.2) is 9.18 Å². The highest BCUT2D eigenvalue weighted by Crippen LogP contribution is 2.46. The molecule has 5 aromatic rings. The molecular weight excluding hydrogens is 671 g/mol. The van der Waals surface area contributed by atoms with Gasteiger partial charge in [-0.3, -0.25) is 9.58 Å². The maximum atomic E-state index is 13.9. The molecule has 3 aromatic carbocycles. The molecule has 0 aliphatic carbocycles. The Morgan fingerprint density at radius 2 is 1.86 bits per heavy atom. The van der Waals surface area contributed by atoms with Gasteiger partial charge in [0.1, 0.15) is 28.6 Å². The normalized spacial score (nSPS) is 18.5. The minimum absolute atomic E-state index is 0.285.